The molecule has 0 spiro atoms. The van der Waals surface area contributed by atoms with Gasteiger partial charge in [0, 0.05) is 12.5 Å². The molecular weight excluding hydrogens is 456 g/mol. The lowest BCUT2D eigenvalue weighted by Gasteiger charge is -2.33. The number of esters is 1. The molecule has 0 radical (unpaired) electrons. The molecule has 2 aliphatic rings. The molecule has 0 unspecified atom stereocenters. The summed E-state index contributed by atoms with van der Waals surface area (Å²) in [7, 11) is 1.20. The van der Waals surface area contributed by atoms with E-state index in [0.29, 0.717) is 6.61 Å². The van der Waals surface area contributed by atoms with Crippen molar-refractivity contribution in [3.8, 4) is 11.1 Å². The molecule has 2 atom stereocenters. The lowest BCUT2D eigenvalue weighted by atomic mass is 9.98. The SMILES string of the molecule is COC(=O)[C@H](COC[C@@H]1COCCN1C(=O)O)NC(=O)OCC1c2ccccc2-c2ccccc21. The number of carboxylic acid groups (broad SMARTS) is 1. The second kappa shape index (κ2) is 11.2. The normalized spacial score (nSPS) is 17.7. The van der Waals surface area contributed by atoms with Gasteiger partial charge in [0.2, 0.25) is 0 Å². The summed E-state index contributed by atoms with van der Waals surface area (Å²) in [6.45, 7) is 0.641. The van der Waals surface area contributed by atoms with Crippen molar-refractivity contribution in [3.05, 3.63) is 59.7 Å². The van der Waals surface area contributed by atoms with Gasteiger partial charge >= 0.3 is 18.2 Å². The molecule has 2 N–H and O–H groups in total. The number of alkyl carbamates (subject to hydrolysis) is 1. The van der Waals surface area contributed by atoms with Crippen molar-refractivity contribution in [1.82, 2.24) is 10.2 Å². The van der Waals surface area contributed by atoms with Gasteiger partial charge in [0.1, 0.15) is 6.61 Å². The topological polar surface area (TPSA) is 124 Å². The molecule has 2 aromatic rings. The lowest BCUT2D eigenvalue weighted by molar-refractivity contribution is -0.145. The Morgan fingerprint density at radius 2 is 1.74 bits per heavy atom. The minimum Gasteiger partial charge on any atom is -0.467 e. The van der Waals surface area contributed by atoms with Gasteiger partial charge in [0.15, 0.2) is 6.04 Å². The number of nitrogens with zero attached hydrogens (tertiary/aromatic N) is 1. The highest BCUT2D eigenvalue weighted by molar-refractivity contribution is 5.82. The standard InChI is InChI=1S/C25H28N2O8/c1-32-23(28)22(15-34-13-16-12-33-11-10-27(16)25(30)31)26-24(29)35-14-21-19-8-4-2-6-17(19)18-7-3-5-9-20(18)21/h2-9,16,21-22H,10-15H2,1H3,(H,26,29)(H,30,31)/t16-,22-/m0/s1. The quantitative estimate of drug-likeness (QED) is 0.548. The molecule has 186 valence electrons. The van der Waals surface area contributed by atoms with Crippen molar-refractivity contribution in [2.24, 2.45) is 0 Å². The van der Waals surface area contributed by atoms with Crippen molar-refractivity contribution in [2.75, 3.05) is 46.7 Å². The summed E-state index contributed by atoms with van der Waals surface area (Å²) >= 11 is 0. The van der Waals surface area contributed by atoms with Crippen LogP contribution in [0.2, 0.25) is 0 Å². The van der Waals surface area contributed by atoms with Crippen molar-refractivity contribution in [1.29, 1.82) is 0 Å². The number of carbonyl (C=O) groups excluding carboxylic acids is 2. The Labute approximate surface area is 202 Å². The van der Waals surface area contributed by atoms with E-state index >= 15 is 0 Å². The van der Waals surface area contributed by atoms with Crippen LogP contribution in [0, 0.1) is 0 Å². The minimum atomic E-state index is -1.11. The number of amides is 2. The number of carbonyl (C=O) groups is 3. The van der Waals surface area contributed by atoms with Gasteiger partial charge in [-0.25, -0.2) is 14.4 Å². The fraction of sp³-hybridized carbons (Fsp3) is 0.400. The highest BCUT2D eigenvalue weighted by Gasteiger charge is 2.31. The number of rotatable bonds is 8. The molecule has 2 amide bonds. The van der Waals surface area contributed by atoms with Crippen LogP contribution >= 0.6 is 0 Å². The van der Waals surface area contributed by atoms with E-state index in [1.165, 1.54) is 12.0 Å². The number of hydrogen-bond donors (Lipinski definition) is 2. The van der Waals surface area contributed by atoms with E-state index in [1.54, 1.807) is 0 Å². The van der Waals surface area contributed by atoms with E-state index in [4.69, 9.17) is 18.9 Å². The first-order valence-electron chi connectivity index (χ1n) is 11.3. The number of methoxy groups -OCH3 is 1. The van der Waals surface area contributed by atoms with Crippen molar-refractivity contribution >= 4 is 18.2 Å². The summed E-state index contributed by atoms with van der Waals surface area (Å²) in [5.41, 5.74) is 4.37. The van der Waals surface area contributed by atoms with E-state index in [9.17, 15) is 19.5 Å². The molecule has 0 aromatic heterocycles. The fourth-order valence-corrected chi connectivity index (χ4v) is 4.46. The second-order valence-electron chi connectivity index (χ2n) is 8.29. The molecule has 10 heteroatoms. The van der Waals surface area contributed by atoms with Gasteiger partial charge < -0.3 is 29.4 Å². The Morgan fingerprint density at radius 3 is 2.37 bits per heavy atom. The number of morpholine rings is 1. The first-order valence-corrected chi connectivity index (χ1v) is 11.3. The van der Waals surface area contributed by atoms with Crippen LogP contribution in [0.15, 0.2) is 48.5 Å². The lowest BCUT2D eigenvalue weighted by Crippen LogP contribution is -2.51. The van der Waals surface area contributed by atoms with Crippen LogP contribution in [-0.4, -0.2) is 86.9 Å². The maximum atomic E-state index is 12.6. The summed E-state index contributed by atoms with van der Waals surface area (Å²) in [4.78, 5) is 37.3. The fourth-order valence-electron chi connectivity index (χ4n) is 4.46. The largest absolute Gasteiger partial charge is 0.467 e. The van der Waals surface area contributed by atoms with E-state index in [0.717, 1.165) is 22.3 Å². The van der Waals surface area contributed by atoms with E-state index in [2.05, 4.69) is 5.32 Å². The average molecular weight is 485 g/mol. The number of nitrogens with one attached hydrogen (secondary N) is 1. The number of ether oxygens (including phenoxy) is 4. The summed E-state index contributed by atoms with van der Waals surface area (Å²) in [6, 6.07) is 14.3. The van der Waals surface area contributed by atoms with Gasteiger partial charge in [0.05, 0.1) is 39.6 Å². The van der Waals surface area contributed by atoms with E-state index in [-0.39, 0.29) is 38.9 Å². The van der Waals surface area contributed by atoms with E-state index < -0.39 is 30.2 Å². The number of benzene rings is 2. The highest BCUT2D eigenvalue weighted by atomic mass is 16.6. The van der Waals surface area contributed by atoms with Gasteiger partial charge in [0.25, 0.3) is 0 Å². The predicted molar refractivity (Wildman–Crippen MR) is 124 cm³/mol. The highest BCUT2D eigenvalue weighted by Crippen LogP contribution is 2.44. The summed E-state index contributed by atoms with van der Waals surface area (Å²) in [6.07, 6.45) is -1.85. The van der Waals surface area contributed by atoms with Crippen LogP contribution in [0.3, 0.4) is 0 Å². The molecule has 1 heterocycles. The first kappa shape index (κ1) is 24.5. The van der Waals surface area contributed by atoms with Gasteiger partial charge in [-0.05, 0) is 22.3 Å². The summed E-state index contributed by atoms with van der Waals surface area (Å²) in [5, 5.41) is 11.8. The molecule has 4 rings (SSSR count). The molecule has 1 aliphatic carbocycles. The molecule has 0 bridgehead atoms. The summed E-state index contributed by atoms with van der Waals surface area (Å²) in [5.74, 6) is -0.817. The molecule has 0 saturated carbocycles. The molecular formula is C25H28N2O8. The molecule has 1 fully saturated rings. The van der Waals surface area contributed by atoms with Crippen LogP contribution in [0.1, 0.15) is 17.0 Å². The van der Waals surface area contributed by atoms with Gasteiger partial charge in [-0.3, -0.25) is 4.90 Å². The van der Waals surface area contributed by atoms with Crippen LogP contribution in [-0.2, 0) is 23.7 Å². The maximum absolute atomic E-state index is 12.6. The van der Waals surface area contributed by atoms with Gasteiger partial charge in [-0.15, -0.1) is 0 Å². The average Bonchev–Trinajstić information content (AvgIpc) is 3.20. The van der Waals surface area contributed by atoms with Gasteiger partial charge in [-0.2, -0.15) is 0 Å². The molecule has 35 heavy (non-hydrogen) atoms. The Hall–Kier alpha value is -3.63. The molecule has 1 aliphatic heterocycles. The Bertz CT molecular complexity index is 1030. The third-order valence-electron chi connectivity index (χ3n) is 6.19. The van der Waals surface area contributed by atoms with Crippen LogP contribution in [0.5, 0.6) is 0 Å². The zero-order valence-electron chi connectivity index (χ0n) is 19.3. The molecule has 2 aromatic carbocycles. The van der Waals surface area contributed by atoms with Crippen LogP contribution in [0.25, 0.3) is 11.1 Å². The Balaban J connectivity index is 1.33. The number of hydrogen-bond acceptors (Lipinski definition) is 7. The van der Waals surface area contributed by atoms with Crippen LogP contribution in [0.4, 0.5) is 9.59 Å². The first-order chi connectivity index (χ1) is 17.0. The third-order valence-corrected chi connectivity index (χ3v) is 6.19. The molecule has 1 saturated heterocycles. The Morgan fingerprint density at radius 1 is 1.09 bits per heavy atom. The number of fused-ring (bicyclic) bond motifs is 3. The van der Waals surface area contributed by atoms with Crippen LogP contribution < -0.4 is 5.32 Å². The summed E-state index contributed by atoms with van der Waals surface area (Å²) < 4.78 is 21.1. The monoisotopic (exact) mass is 484 g/mol. The van der Waals surface area contributed by atoms with Crippen molar-refractivity contribution < 1.29 is 38.4 Å². The minimum absolute atomic E-state index is 0.00612. The second-order valence-corrected chi connectivity index (χ2v) is 8.29. The Kier molecular flexibility index (Phi) is 7.84. The van der Waals surface area contributed by atoms with E-state index in [1.807, 2.05) is 48.5 Å². The van der Waals surface area contributed by atoms with Gasteiger partial charge in [-0.1, -0.05) is 48.5 Å². The maximum Gasteiger partial charge on any atom is 0.407 e. The molecule has 10 nitrogen and oxygen atoms in total. The zero-order chi connectivity index (χ0) is 24.8. The van der Waals surface area contributed by atoms with Crippen molar-refractivity contribution in [2.45, 2.75) is 18.0 Å². The van der Waals surface area contributed by atoms with Crippen molar-refractivity contribution in [3.63, 3.8) is 0 Å². The smallest absolute Gasteiger partial charge is 0.407 e. The zero-order valence-corrected chi connectivity index (χ0v) is 19.3. The third kappa shape index (κ3) is 5.55. The predicted octanol–water partition coefficient (Wildman–Crippen LogP) is 2.46.